The SMILES string of the molecule is CC(C)SCc1ccc(NCC2CCCCC2)cc1. The van der Waals surface area contributed by atoms with Gasteiger partial charge < -0.3 is 5.32 Å². The maximum absolute atomic E-state index is 3.60. The van der Waals surface area contributed by atoms with E-state index in [1.165, 1.54) is 43.4 Å². The summed E-state index contributed by atoms with van der Waals surface area (Å²) in [6, 6.07) is 9.00. The second kappa shape index (κ2) is 7.84. The van der Waals surface area contributed by atoms with Crippen molar-refractivity contribution in [3.8, 4) is 0 Å². The van der Waals surface area contributed by atoms with Crippen LogP contribution in [0.15, 0.2) is 24.3 Å². The van der Waals surface area contributed by atoms with Gasteiger partial charge in [0.15, 0.2) is 0 Å². The molecule has 0 bridgehead atoms. The fourth-order valence-corrected chi connectivity index (χ4v) is 3.35. The van der Waals surface area contributed by atoms with Crippen molar-refractivity contribution in [3.05, 3.63) is 29.8 Å². The number of benzene rings is 1. The van der Waals surface area contributed by atoms with Crippen LogP contribution in [0.4, 0.5) is 5.69 Å². The number of rotatable bonds is 6. The van der Waals surface area contributed by atoms with Crippen molar-refractivity contribution in [3.63, 3.8) is 0 Å². The van der Waals surface area contributed by atoms with Crippen molar-refractivity contribution in [2.24, 2.45) is 5.92 Å². The molecule has 2 rings (SSSR count). The zero-order valence-electron chi connectivity index (χ0n) is 12.3. The van der Waals surface area contributed by atoms with Gasteiger partial charge in [0, 0.05) is 18.0 Å². The number of thioether (sulfide) groups is 1. The van der Waals surface area contributed by atoms with Gasteiger partial charge in [-0.05, 0) is 41.7 Å². The van der Waals surface area contributed by atoms with Crippen molar-refractivity contribution in [2.45, 2.75) is 57.0 Å². The summed E-state index contributed by atoms with van der Waals surface area (Å²) in [5, 5.41) is 4.31. The minimum absolute atomic E-state index is 0.712. The summed E-state index contributed by atoms with van der Waals surface area (Å²) < 4.78 is 0. The van der Waals surface area contributed by atoms with Gasteiger partial charge in [-0.1, -0.05) is 45.2 Å². The van der Waals surface area contributed by atoms with Crippen molar-refractivity contribution in [1.29, 1.82) is 0 Å². The first kappa shape index (κ1) is 14.8. The topological polar surface area (TPSA) is 12.0 Å². The Kier molecular flexibility index (Phi) is 6.09. The molecule has 0 unspecified atom stereocenters. The first-order chi connectivity index (χ1) is 9.24. The van der Waals surface area contributed by atoms with E-state index in [4.69, 9.17) is 0 Å². The third-order valence-corrected chi connectivity index (χ3v) is 5.02. The van der Waals surface area contributed by atoms with E-state index in [0.29, 0.717) is 5.25 Å². The summed E-state index contributed by atoms with van der Waals surface area (Å²) in [5.74, 6) is 2.02. The maximum Gasteiger partial charge on any atom is 0.0340 e. The molecule has 0 spiro atoms. The van der Waals surface area contributed by atoms with Crippen LogP contribution in [-0.2, 0) is 5.75 Å². The molecule has 0 aliphatic heterocycles. The molecule has 1 aliphatic rings. The van der Waals surface area contributed by atoms with Gasteiger partial charge in [0.05, 0.1) is 0 Å². The second-order valence-corrected chi connectivity index (χ2v) is 7.51. The molecule has 1 saturated carbocycles. The highest BCUT2D eigenvalue weighted by atomic mass is 32.2. The molecule has 19 heavy (non-hydrogen) atoms. The van der Waals surface area contributed by atoms with E-state index >= 15 is 0 Å². The van der Waals surface area contributed by atoms with E-state index in [0.717, 1.165) is 18.2 Å². The number of anilines is 1. The van der Waals surface area contributed by atoms with Gasteiger partial charge in [-0.15, -0.1) is 0 Å². The molecule has 1 aromatic rings. The van der Waals surface area contributed by atoms with Gasteiger partial charge in [-0.2, -0.15) is 11.8 Å². The molecule has 0 aromatic heterocycles. The van der Waals surface area contributed by atoms with Crippen molar-refractivity contribution < 1.29 is 0 Å². The van der Waals surface area contributed by atoms with Crippen LogP contribution in [0.5, 0.6) is 0 Å². The van der Waals surface area contributed by atoms with Gasteiger partial charge in [-0.3, -0.25) is 0 Å². The van der Waals surface area contributed by atoms with E-state index in [2.05, 4.69) is 43.4 Å². The number of hydrogen-bond acceptors (Lipinski definition) is 2. The summed E-state index contributed by atoms with van der Waals surface area (Å²) >= 11 is 2.01. The highest BCUT2D eigenvalue weighted by Gasteiger charge is 2.12. The minimum Gasteiger partial charge on any atom is -0.385 e. The minimum atomic E-state index is 0.712. The molecule has 0 radical (unpaired) electrons. The van der Waals surface area contributed by atoms with Crippen LogP contribution in [0.2, 0.25) is 0 Å². The van der Waals surface area contributed by atoms with Crippen LogP contribution in [0.25, 0.3) is 0 Å². The van der Waals surface area contributed by atoms with Crippen LogP contribution in [0.3, 0.4) is 0 Å². The molecule has 0 heterocycles. The molecule has 1 aliphatic carbocycles. The molecule has 1 fully saturated rings. The highest BCUT2D eigenvalue weighted by molar-refractivity contribution is 7.99. The lowest BCUT2D eigenvalue weighted by atomic mass is 9.89. The lowest BCUT2D eigenvalue weighted by molar-refractivity contribution is 0.373. The van der Waals surface area contributed by atoms with Gasteiger partial charge >= 0.3 is 0 Å². The molecule has 1 aromatic carbocycles. The van der Waals surface area contributed by atoms with Crippen molar-refractivity contribution in [1.82, 2.24) is 0 Å². The fraction of sp³-hybridized carbons (Fsp3) is 0.647. The first-order valence-electron chi connectivity index (χ1n) is 7.68. The van der Waals surface area contributed by atoms with E-state index < -0.39 is 0 Å². The van der Waals surface area contributed by atoms with E-state index in [-0.39, 0.29) is 0 Å². The fourth-order valence-electron chi connectivity index (χ4n) is 2.64. The number of nitrogens with one attached hydrogen (secondary N) is 1. The Hall–Kier alpha value is -0.630. The predicted molar refractivity (Wildman–Crippen MR) is 87.9 cm³/mol. The molecule has 0 atom stereocenters. The third-order valence-electron chi connectivity index (χ3n) is 3.86. The van der Waals surface area contributed by atoms with Crippen LogP contribution in [-0.4, -0.2) is 11.8 Å². The summed E-state index contributed by atoms with van der Waals surface area (Å²) in [5.41, 5.74) is 2.71. The van der Waals surface area contributed by atoms with Crippen LogP contribution < -0.4 is 5.32 Å². The average Bonchev–Trinajstić information content (AvgIpc) is 2.45. The Labute approximate surface area is 122 Å². The van der Waals surface area contributed by atoms with Gasteiger partial charge in [0.1, 0.15) is 0 Å². The second-order valence-electron chi connectivity index (χ2n) is 5.94. The normalized spacial score (nSPS) is 16.8. The zero-order valence-corrected chi connectivity index (χ0v) is 13.1. The quantitative estimate of drug-likeness (QED) is 0.755. The smallest absolute Gasteiger partial charge is 0.0340 e. The Morgan fingerprint density at radius 3 is 2.42 bits per heavy atom. The largest absolute Gasteiger partial charge is 0.385 e. The van der Waals surface area contributed by atoms with Gasteiger partial charge in [-0.25, -0.2) is 0 Å². The Morgan fingerprint density at radius 1 is 1.11 bits per heavy atom. The Bertz CT molecular complexity index is 352. The molecule has 1 nitrogen and oxygen atoms in total. The van der Waals surface area contributed by atoms with Crippen LogP contribution in [0, 0.1) is 5.92 Å². The van der Waals surface area contributed by atoms with Gasteiger partial charge in [0.2, 0.25) is 0 Å². The summed E-state index contributed by atoms with van der Waals surface area (Å²) in [7, 11) is 0. The lowest BCUT2D eigenvalue weighted by Gasteiger charge is -2.22. The standard InChI is InChI=1S/C17H27NS/c1-14(2)19-13-16-8-10-17(11-9-16)18-12-15-6-4-3-5-7-15/h8-11,14-15,18H,3-7,12-13H2,1-2H3. The summed E-state index contributed by atoms with van der Waals surface area (Å²) in [4.78, 5) is 0. The third kappa shape index (κ3) is 5.48. The Balaban J connectivity index is 1.74. The van der Waals surface area contributed by atoms with E-state index in [1.54, 1.807) is 0 Å². The molecule has 106 valence electrons. The molecule has 0 amide bonds. The molecule has 2 heteroatoms. The zero-order chi connectivity index (χ0) is 13.5. The van der Waals surface area contributed by atoms with Crippen molar-refractivity contribution >= 4 is 17.4 Å². The molecular weight excluding hydrogens is 250 g/mol. The predicted octanol–water partition coefficient (Wildman–Crippen LogP) is 5.32. The summed E-state index contributed by atoms with van der Waals surface area (Å²) in [6.07, 6.45) is 7.13. The summed E-state index contributed by atoms with van der Waals surface area (Å²) in [6.45, 7) is 5.66. The van der Waals surface area contributed by atoms with Crippen LogP contribution in [0.1, 0.15) is 51.5 Å². The lowest BCUT2D eigenvalue weighted by Crippen LogP contribution is -2.17. The highest BCUT2D eigenvalue weighted by Crippen LogP contribution is 2.24. The number of hydrogen-bond donors (Lipinski definition) is 1. The molecule has 0 saturated heterocycles. The molecule has 1 N–H and O–H groups in total. The maximum atomic E-state index is 3.60. The molecular formula is C17H27NS. The van der Waals surface area contributed by atoms with E-state index in [9.17, 15) is 0 Å². The average molecular weight is 277 g/mol. The van der Waals surface area contributed by atoms with Crippen molar-refractivity contribution in [2.75, 3.05) is 11.9 Å². The van der Waals surface area contributed by atoms with Gasteiger partial charge in [0.25, 0.3) is 0 Å². The first-order valence-corrected chi connectivity index (χ1v) is 8.73. The Morgan fingerprint density at radius 2 is 1.79 bits per heavy atom. The van der Waals surface area contributed by atoms with E-state index in [1.807, 2.05) is 11.8 Å². The van der Waals surface area contributed by atoms with Crippen LogP contribution >= 0.6 is 11.8 Å². The monoisotopic (exact) mass is 277 g/mol.